The minimum atomic E-state index is -0.969. The van der Waals surface area contributed by atoms with Crippen molar-refractivity contribution in [3.05, 3.63) is 0 Å². The summed E-state index contributed by atoms with van der Waals surface area (Å²) in [6.07, 6.45) is 0.763. The number of amides is 1. The van der Waals surface area contributed by atoms with E-state index in [-0.39, 0.29) is 11.8 Å². The number of carbonyl (C=O) groups excluding carboxylic acids is 1. The SMILES string of the molecule is CC(C)CC(NC(=O)CCNC(C)C)C(=O)O. The molecular weight excluding hydrogens is 220 g/mol. The Morgan fingerprint density at radius 1 is 1.18 bits per heavy atom. The molecule has 0 aliphatic rings. The fraction of sp³-hybridized carbons (Fsp3) is 0.833. The van der Waals surface area contributed by atoms with Crippen molar-refractivity contribution in [2.24, 2.45) is 5.92 Å². The van der Waals surface area contributed by atoms with E-state index < -0.39 is 12.0 Å². The van der Waals surface area contributed by atoms with Gasteiger partial charge in [-0.2, -0.15) is 0 Å². The molecule has 0 heterocycles. The summed E-state index contributed by atoms with van der Waals surface area (Å²) in [5, 5.41) is 14.6. The molecule has 1 amide bonds. The molecule has 0 spiro atoms. The molecule has 0 aromatic rings. The minimum Gasteiger partial charge on any atom is -0.480 e. The second-order valence-electron chi connectivity index (χ2n) is 4.95. The number of hydrogen-bond acceptors (Lipinski definition) is 3. The highest BCUT2D eigenvalue weighted by atomic mass is 16.4. The Labute approximate surface area is 103 Å². The van der Waals surface area contributed by atoms with Crippen LogP contribution < -0.4 is 10.6 Å². The number of carbonyl (C=O) groups is 2. The van der Waals surface area contributed by atoms with Crippen LogP contribution in [0.4, 0.5) is 0 Å². The maximum Gasteiger partial charge on any atom is 0.326 e. The minimum absolute atomic E-state index is 0.216. The number of carboxylic acid groups (broad SMARTS) is 1. The summed E-state index contributed by atoms with van der Waals surface area (Å²) in [5.74, 6) is -0.944. The first-order chi connectivity index (χ1) is 7.82. The molecule has 100 valence electrons. The van der Waals surface area contributed by atoms with E-state index in [0.29, 0.717) is 25.4 Å². The summed E-state index contributed by atoms with van der Waals surface area (Å²) >= 11 is 0. The molecule has 0 saturated heterocycles. The molecule has 1 atom stereocenters. The van der Waals surface area contributed by atoms with Crippen molar-refractivity contribution in [2.75, 3.05) is 6.54 Å². The summed E-state index contributed by atoms with van der Waals surface area (Å²) in [5.41, 5.74) is 0. The molecule has 0 saturated carbocycles. The Kier molecular flexibility index (Phi) is 7.54. The molecule has 17 heavy (non-hydrogen) atoms. The fourth-order valence-electron chi connectivity index (χ4n) is 1.43. The van der Waals surface area contributed by atoms with E-state index in [9.17, 15) is 9.59 Å². The zero-order valence-corrected chi connectivity index (χ0v) is 11.1. The average Bonchev–Trinajstić information content (AvgIpc) is 2.15. The van der Waals surface area contributed by atoms with Crippen LogP contribution in [0.1, 0.15) is 40.5 Å². The van der Waals surface area contributed by atoms with Crippen LogP contribution in [-0.4, -0.2) is 35.6 Å². The molecule has 3 N–H and O–H groups in total. The molecule has 0 radical (unpaired) electrons. The van der Waals surface area contributed by atoms with Gasteiger partial charge in [0.1, 0.15) is 6.04 Å². The quantitative estimate of drug-likeness (QED) is 0.595. The molecule has 5 nitrogen and oxygen atoms in total. The predicted octanol–water partition coefficient (Wildman–Crippen LogP) is 0.990. The molecule has 0 rings (SSSR count). The van der Waals surface area contributed by atoms with Gasteiger partial charge in [0.15, 0.2) is 0 Å². The largest absolute Gasteiger partial charge is 0.480 e. The molecule has 0 bridgehead atoms. The van der Waals surface area contributed by atoms with Gasteiger partial charge in [0, 0.05) is 19.0 Å². The van der Waals surface area contributed by atoms with E-state index in [2.05, 4.69) is 10.6 Å². The molecule has 0 aromatic carbocycles. The van der Waals surface area contributed by atoms with Gasteiger partial charge in [-0.3, -0.25) is 4.79 Å². The van der Waals surface area contributed by atoms with Crippen LogP contribution >= 0.6 is 0 Å². The number of carboxylic acids is 1. The average molecular weight is 244 g/mol. The summed E-state index contributed by atoms with van der Waals surface area (Å²) in [4.78, 5) is 22.4. The highest BCUT2D eigenvalue weighted by molar-refractivity contribution is 5.83. The number of rotatable bonds is 8. The van der Waals surface area contributed by atoms with Gasteiger partial charge in [-0.25, -0.2) is 4.79 Å². The van der Waals surface area contributed by atoms with Gasteiger partial charge < -0.3 is 15.7 Å². The van der Waals surface area contributed by atoms with Gasteiger partial charge in [-0.15, -0.1) is 0 Å². The van der Waals surface area contributed by atoms with Crippen LogP contribution in [0.3, 0.4) is 0 Å². The van der Waals surface area contributed by atoms with E-state index in [4.69, 9.17) is 5.11 Å². The van der Waals surface area contributed by atoms with E-state index >= 15 is 0 Å². The zero-order valence-electron chi connectivity index (χ0n) is 11.1. The number of nitrogens with one attached hydrogen (secondary N) is 2. The van der Waals surface area contributed by atoms with Crippen molar-refractivity contribution in [1.29, 1.82) is 0 Å². The first-order valence-corrected chi connectivity index (χ1v) is 6.08. The fourth-order valence-corrected chi connectivity index (χ4v) is 1.43. The van der Waals surface area contributed by atoms with Crippen molar-refractivity contribution in [3.8, 4) is 0 Å². The smallest absolute Gasteiger partial charge is 0.326 e. The van der Waals surface area contributed by atoms with E-state index in [0.717, 1.165) is 0 Å². The summed E-state index contributed by atoms with van der Waals surface area (Å²) in [7, 11) is 0. The number of aliphatic carboxylic acids is 1. The first kappa shape index (κ1) is 15.9. The van der Waals surface area contributed by atoms with Crippen LogP contribution in [0, 0.1) is 5.92 Å². The Morgan fingerprint density at radius 2 is 1.76 bits per heavy atom. The number of hydrogen-bond donors (Lipinski definition) is 3. The van der Waals surface area contributed by atoms with Crippen LogP contribution in [-0.2, 0) is 9.59 Å². The van der Waals surface area contributed by atoms with Crippen LogP contribution in [0.25, 0.3) is 0 Å². The van der Waals surface area contributed by atoms with E-state index in [1.54, 1.807) is 0 Å². The topological polar surface area (TPSA) is 78.4 Å². The molecule has 1 unspecified atom stereocenters. The lowest BCUT2D eigenvalue weighted by Gasteiger charge is -2.16. The molecule has 0 aromatic heterocycles. The zero-order chi connectivity index (χ0) is 13.4. The Morgan fingerprint density at radius 3 is 2.18 bits per heavy atom. The van der Waals surface area contributed by atoms with Crippen molar-refractivity contribution in [2.45, 2.75) is 52.6 Å². The Hall–Kier alpha value is -1.10. The summed E-state index contributed by atoms with van der Waals surface area (Å²) in [6.45, 7) is 8.43. The second-order valence-corrected chi connectivity index (χ2v) is 4.95. The van der Waals surface area contributed by atoms with Crippen LogP contribution in [0.2, 0.25) is 0 Å². The monoisotopic (exact) mass is 244 g/mol. The maximum atomic E-state index is 11.5. The molecular formula is C12H24N2O3. The predicted molar refractivity (Wildman–Crippen MR) is 66.8 cm³/mol. The Balaban J connectivity index is 4.00. The van der Waals surface area contributed by atoms with Crippen LogP contribution in [0.5, 0.6) is 0 Å². The third kappa shape index (κ3) is 8.68. The van der Waals surface area contributed by atoms with E-state index in [1.165, 1.54) is 0 Å². The third-order valence-electron chi connectivity index (χ3n) is 2.25. The van der Waals surface area contributed by atoms with Gasteiger partial charge >= 0.3 is 5.97 Å². The first-order valence-electron chi connectivity index (χ1n) is 6.08. The highest BCUT2D eigenvalue weighted by Gasteiger charge is 2.20. The lowest BCUT2D eigenvalue weighted by molar-refractivity contribution is -0.142. The molecule has 0 fully saturated rings. The van der Waals surface area contributed by atoms with Crippen molar-refractivity contribution in [3.63, 3.8) is 0 Å². The standard InChI is InChI=1S/C12H24N2O3/c1-8(2)7-10(12(16)17)14-11(15)5-6-13-9(3)4/h8-10,13H,5-7H2,1-4H3,(H,14,15)(H,16,17). The second kappa shape index (κ2) is 8.06. The van der Waals surface area contributed by atoms with Gasteiger partial charge in [-0.1, -0.05) is 27.7 Å². The lowest BCUT2D eigenvalue weighted by atomic mass is 10.0. The molecule has 5 heteroatoms. The van der Waals surface area contributed by atoms with Crippen LogP contribution in [0.15, 0.2) is 0 Å². The molecule has 0 aliphatic heterocycles. The van der Waals surface area contributed by atoms with Crippen molar-refractivity contribution >= 4 is 11.9 Å². The van der Waals surface area contributed by atoms with Crippen molar-refractivity contribution in [1.82, 2.24) is 10.6 Å². The van der Waals surface area contributed by atoms with Gasteiger partial charge in [0.2, 0.25) is 5.91 Å². The summed E-state index contributed by atoms with van der Waals surface area (Å²) < 4.78 is 0. The Bertz CT molecular complexity index is 252. The maximum absolute atomic E-state index is 11.5. The van der Waals surface area contributed by atoms with Gasteiger partial charge in [-0.05, 0) is 12.3 Å². The normalized spacial score (nSPS) is 12.8. The molecule has 0 aliphatic carbocycles. The van der Waals surface area contributed by atoms with E-state index in [1.807, 2.05) is 27.7 Å². The highest BCUT2D eigenvalue weighted by Crippen LogP contribution is 2.05. The third-order valence-corrected chi connectivity index (χ3v) is 2.25. The lowest BCUT2D eigenvalue weighted by Crippen LogP contribution is -2.42. The van der Waals surface area contributed by atoms with Crippen molar-refractivity contribution < 1.29 is 14.7 Å². The van der Waals surface area contributed by atoms with Gasteiger partial charge in [0.25, 0.3) is 0 Å². The van der Waals surface area contributed by atoms with Gasteiger partial charge in [0.05, 0.1) is 0 Å². The summed E-state index contributed by atoms with van der Waals surface area (Å²) in [6, 6.07) is -0.449.